The number of amides is 2. The summed E-state index contributed by atoms with van der Waals surface area (Å²) < 4.78 is 4.86. The summed E-state index contributed by atoms with van der Waals surface area (Å²) in [6.45, 7) is 3.55. The molecule has 0 aromatic heterocycles. The van der Waals surface area contributed by atoms with E-state index in [1.165, 1.54) is 4.90 Å². The van der Waals surface area contributed by atoms with Crippen molar-refractivity contribution in [3.63, 3.8) is 0 Å². The molecule has 6 heteroatoms. The number of carbonyl (C=O) groups is 2. The molecule has 0 unspecified atom stereocenters. The van der Waals surface area contributed by atoms with Gasteiger partial charge < -0.3 is 10.5 Å². The molecule has 90 valence electrons. The first-order valence-corrected chi connectivity index (χ1v) is 5.64. The van der Waals surface area contributed by atoms with Crippen molar-refractivity contribution in [2.24, 2.45) is 5.73 Å². The molecule has 1 fully saturated rings. The molecule has 0 bridgehead atoms. The van der Waals surface area contributed by atoms with E-state index < -0.39 is 5.54 Å². The van der Waals surface area contributed by atoms with Gasteiger partial charge in [-0.3, -0.25) is 14.5 Å². The van der Waals surface area contributed by atoms with Crippen molar-refractivity contribution < 1.29 is 14.3 Å². The summed E-state index contributed by atoms with van der Waals surface area (Å²) in [6.07, 6.45) is 1.05. The van der Waals surface area contributed by atoms with E-state index in [4.69, 9.17) is 22.7 Å². The van der Waals surface area contributed by atoms with Crippen LogP contribution < -0.4 is 5.73 Å². The van der Waals surface area contributed by atoms with Gasteiger partial charge in [0.2, 0.25) is 0 Å². The summed E-state index contributed by atoms with van der Waals surface area (Å²) in [7, 11) is 0. The lowest BCUT2D eigenvalue weighted by atomic mass is 9.89. The average molecular weight is 244 g/mol. The molecule has 1 aliphatic heterocycles. The number of hydrogen-bond acceptors (Lipinski definition) is 4. The van der Waals surface area contributed by atoms with E-state index in [1.807, 2.05) is 13.8 Å². The van der Waals surface area contributed by atoms with E-state index in [9.17, 15) is 9.59 Å². The van der Waals surface area contributed by atoms with E-state index in [1.54, 1.807) is 0 Å². The minimum atomic E-state index is -0.840. The lowest BCUT2D eigenvalue weighted by Gasteiger charge is -2.42. The van der Waals surface area contributed by atoms with E-state index in [0.717, 1.165) is 0 Å². The van der Waals surface area contributed by atoms with Crippen molar-refractivity contribution in [3.8, 4) is 0 Å². The van der Waals surface area contributed by atoms with Gasteiger partial charge in [0.05, 0.1) is 4.99 Å². The maximum Gasteiger partial charge on any atom is 0.256 e. The highest BCUT2D eigenvalue weighted by Crippen LogP contribution is 2.26. The molecule has 1 saturated heterocycles. The Morgan fingerprint density at radius 3 is 2.12 bits per heavy atom. The summed E-state index contributed by atoms with van der Waals surface area (Å²) in [5, 5.41) is 0. The van der Waals surface area contributed by atoms with Crippen molar-refractivity contribution in [2.75, 3.05) is 13.2 Å². The number of nitrogens with two attached hydrogens (primary N) is 1. The number of nitrogens with zero attached hydrogens (tertiary/aromatic N) is 1. The van der Waals surface area contributed by atoms with Crippen LogP contribution in [0.5, 0.6) is 0 Å². The van der Waals surface area contributed by atoms with Gasteiger partial charge in [0, 0.05) is 0 Å². The fourth-order valence-electron chi connectivity index (χ4n) is 2.00. The summed E-state index contributed by atoms with van der Waals surface area (Å²) in [6, 6.07) is 0. The Morgan fingerprint density at radius 1 is 1.38 bits per heavy atom. The zero-order valence-electron chi connectivity index (χ0n) is 9.49. The van der Waals surface area contributed by atoms with E-state index in [-0.39, 0.29) is 30.0 Å². The zero-order valence-corrected chi connectivity index (χ0v) is 10.3. The molecule has 2 amide bonds. The Balaban J connectivity index is 3.14. The number of rotatable bonds is 4. The molecular formula is C10H16N2O3S. The first-order chi connectivity index (χ1) is 7.49. The molecule has 0 saturated carbocycles. The van der Waals surface area contributed by atoms with Crippen LogP contribution in [-0.4, -0.2) is 40.5 Å². The van der Waals surface area contributed by atoms with Crippen LogP contribution in [0.4, 0.5) is 0 Å². The van der Waals surface area contributed by atoms with Crippen molar-refractivity contribution in [1.82, 2.24) is 4.90 Å². The molecule has 1 heterocycles. The van der Waals surface area contributed by atoms with Crippen molar-refractivity contribution >= 4 is 29.0 Å². The smallest absolute Gasteiger partial charge is 0.256 e. The van der Waals surface area contributed by atoms with Crippen LogP contribution in [0.15, 0.2) is 0 Å². The predicted octanol–water partition coefficient (Wildman–Crippen LogP) is 0.217. The Hall–Kier alpha value is -1.01. The zero-order chi connectivity index (χ0) is 12.3. The molecule has 0 spiro atoms. The normalized spacial score (nSPS) is 17.8. The molecule has 16 heavy (non-hydrogen) atoms. The van der Waals surface area contributed by atoms with Crippen LogP contribution in [0.25, 0.3) is 0 Å². The summed E-state index contributed by atoms with van der Waals surface area (Å²) in [4.78, 5) is 24.8. The molecule has 0 aromatic rings. The van der Waals surface area contributed by atoms with Crippen molar-refractivity contribution in [1.29, 1.82) is 0 Å². The average Bonchev–Trinajstić information content (AvgIpc) is 2.23. The van der Waals surface area contributed by atoms with Gasteiger partial charge in [-0.2, -0.15) is 0 Å². The predicted molar refractivity (Wildman–Crippen MR) is 62.8 cm³/mol. The van der Waals surface area contributed by atoms with Gasteiger partial charge in [0.1, 0.15) is 18.8 Å². The summed E-state index contributed by atoms with van der Waals surface area (Å²) >= 11 is 5.01. The number of hydrogen-bond donors (Lipinski definition) is 1. The number of thiocarbonyl (C=S) groups is 1. The molecule has 0 aliphatic carbocycles. The number of imide groups is 1. The second-order valence-electron chi connectivity index (χ2n) is 3.72. The monoisotopic (exact) mass is 244 g/mol. The minimum Gasteiger partial charge on any atom is -0.391 e. The standard InChI is InChI=1S/C10H16N2O3S/c1-3-10(4-2,9(11)16)12-7(13)5-15-6-8(12)14/h3-6H2,1-2H3,(H2,11,16). The molecule has 5 nitrogen and oxygen atoms in total. The number of morpholine rings is 1. The van der Waals surface area contributed by atoms with Gasteiger partial charge in [0.15, 0.2) is 0 Å². The van der Waals surface area contributed by atoms with Gasteiger partial charge in [-0.15, -0.1) is 0 Å². The first-order valence-electron chi connectivity index (χ1n) is 5.23. The van der Waals surface area contributed by atoms with E-state index in [0.29, 0.717) is 12.8 Å². The maximum absolute atomic E-state index is 11.7. The van der Waals surface area contributed by atoms with E-state index >= 15 is 0 Å². The van der Waals surface area contributed by atoms with Gasteiger partial charge in [0.25, 0.3) is 11.8 Å². The maximum atomic E-state index is 11.7. The van der Waals surface area contributed by atoms with Crippen LogP contribution in [0, 0.1) is 0 Å². The molecule has 0 radical (unpaired) electrons. The molecule has 2 N–H and O–H groups in total. The molecule has 1 aliphatic rings. The lowest BCUT2D eigenvalue weighted by molar-refractivity contribution is -0.164. The molecule has 1 rings (SSSR count). The lowest BCUT2D eigenvalue weighted by Crippen LogP contribution is -2.63. The van der Waals surface area contributed by atoms with Crippen molar-refractivity contribution in [2.45, 2.75) is 32.2 Å². The highest BCUT2D eigenvalue weighted by Gasteiger charge is 2.44. The van der Waals surface area contributed by atoms with Gasteiger partial charge in [-0.05, 0) is 12.8 Å². The van der Waals surface area contributed by atoms with Crippen LogP contribution in [0.3, 0.4) is 0 Å². The highest BCUT2D eigenvalue weighted by atomic mass is 32.1. The fourth-order valence-corrected chi connectivity index (χ4v) is 2.38. The number of ether oxygens (including phenoxy) is 1. The third kappa shape index (κ3) is 1.94. The topological polar surface area (TPSA) is 72.6 Å². The summed E-state index contributed by atoms with van der Waals surface area (Å²) in [5.74, 6) is -0.736. The largest absolute Gasteiger partial charge is 0.391 e. The Labute approximate surface area is 99.9 Å². The van der Waals surface area contributed by atoms with Crippen molar-refractivity contribution in [3.05, 3.63) is 0 Å². The second-order valence-corrected chi connectivity index (χ2v) is 4.16. The van der Waals surface area contributed by atoms with E-state index in [2.05, 4.69) is 0 Å². The van der Waals surface area contributed by atoms with Gasteiger partial charge in [-0.25, -0.2) is 0 Å². The van der Waals surface area contributed by atoms with Gasteiger partial charge >= 0.3 is 0 Å². The summed E-state index contributed by atoms with van der Waals surface area (Å²) in [5.41, 5.74) is 4.85. The fraction of sp³-hybridized carbons (Fsp3) is 0.700. The van der Waals surface area contributed by atoms with Crippen LogP contribution >= 0.6 is 12.2 Å². The Bertz CT molecular complexity index is 310. The third-order valence-electron chi connectivity index (χ3n) is 3.01. The SMILES string of the molecule is CCC(CC)(C(N)=S)N1C(=O)COCC1=O. The van der Waals surface area contributed by atoms with Gasteiger partial charge in [-0.1, -0.05) is 26.1 Å². The Kier molecular flexibility index (Phi) is 3.98. The van der Waals surface area contributed by atoms with Crippen LogP contribution in [0.2, 0.25) is 0 Å². The molecule has 0 atom stereocenters. The Morgan fingerprint density at radius 2 is 1.81 bits per heavy atom. The second kappa shape index (κ2) is 4.88. The van der Waals surface area contributed by atoms with Crippen LogP contribution in [0.1, 0.15) is 26.7 Å². The van der Waals surface area contributed by atoms with Crippen LogP contribution in [-0.2, 0) is 14.3 Å². The number of carbonyl (C=O) groups excluding carboxylic acids is 2. The molecular weight excluding hydrogens is 228 g/mol. The third-order valence-corrected chi connectivity index (χ3v) is 3.39. The quantitative estimate of drug-likeness (QED) is 0.565. The highest BCUT2D eigenvalue weighted by molar-refractivity contribution is 7.80. The first kappa shape index (κ1) is 13.1. The minimum absolute atomic E-state index is 0.0872. The molecule has 0 aromatic carbocycles.